The Bertz CT molecular complexity index is 424. The maximum atomic E-state index is 9.29. The van der Waals surface area contributed by atoms with Crippen LogP contribution in [0.1, 0.15) is 52.5 Å². The first kappa shape index (κ1) is 15.4. The molecule has 1 aliphatic carbocycles. The molecule has 2 nitrogen and oxygen atoms in total. The van der Waals surface area contributed by atoms with Gasteiger partial charge in [0.15, 0.2) is 0 Å². The van der Waals surface area contributed by atoms with E-state index in [9.17, 15) is 5.11 Å². The summed E-state index contributed by atoms with van der Waals surface area (Å²) in [6.07, 6.45) is 4.83. The number of nitrogens with one attached hydrogen (secondary N) is 1. The van der Waals surface area contributed by atoms with Crippen molar-refractivity contribution in [2.75, 3.05) is 0 Å². The van der Waals surface area contributed by atoms with Crippen molar-refractivity contribution in [2.24, 2.45) is 11.3 Å². The molecule has 0 aromatic heterocycles. The Morgan fingerprint density at radius 3 is 2.45 bits per heavy atom. The summed E-state index contributed by atoms with van der Waals surface area (Å²) in [6.45, 7) is 9.43. The van der Waals surface area contributed by atoms with Crippen molar-refractivity contribution in [1.82, 2.24) is 5.32 Å². The summed E-state index contributed by atoms with van der Waals surface area (Å²) < 4.78 is 0. The first-order chi connectivity index (χ1) is 9.35. The van der Waals surface area contributed by atoms with Gasteiger partial charge in [0, 0.05) is 12.1 Å². The van der Waals surface area contributed by atoms with Crippen LogP contribution in [0, 0.1) is 11.3 Å². The van der Waals surface area contributed by atoms with Gasteiger partial charge in [-0.2, -0.15) is 0 Å². The van der Waals surface area contributed by atoms with Gasteiger partial charge in [0.05, 0.1) is 0 Å². The summed E-state index contributed by atoms with van der Waals surface area (Å²) >= 11 is 0. The minimum atomic E-state index is 0.349. The number of phenolic OH excluding ortho intramolecular Hbond substituents is 1. The zero-order valence-corrected chi connectivity index (χ0v) is 13.3. The summed E-state index contributed by atoms with van der Waals surface area (Å²) in [6, 6.07) is 8.79. The minimum Gasteiger partial charge on any atom is -0.508 e. The number of benzene rings is 1. The van der Waals surface area contributed by atoms with Crippen LogP contribution < -0.4 is 5.32 Å². The second kappa shape index (κ2) is 6.17. The van der Waals surface area contributed by atoms with Gasteiger partial charge in [-0.05, 0) is 61.6 Å². The van der Waals surface area contributed by atoms with E-state index in [4.69, 9.17) is 0 Å². The third kappa shape index (κ3) is 4.24. The van der Waals surface area contributed by atoms with Crippen LogP contribution in [0.15, 0.2) is 24.3 Å². The van der Waals surface area contributed by atoms with Gasteiger partial charge in [0.25, 0.3) is 0 Å². The van der Waals surface area contributed by atoms with Gasteiger partial charge < -0.3 is 10.4 Å². The highest BCUT2D eigenvalue weighted by atomic mass is 16.3. The van der Waals surface area contributed by atoms with Crippen LogP contribution in [0.25, 0.3) is 0 Å². The molecule has 1 aromatic carbocycles. The highest BCUT2D eigenvalue weighted by Gasteiger charge is 2.36. The molecule has 2 rings (SSSR count). The predicted octanol–water partition coefficient (Wildman–Crippen LogP) is 4.13. The van der Waals surface area contributed by atoms with E-state index in [0.29, 0.717) is 23.2 Å². The molecular formula is C18H29NO. The number of aromatic hydroxyl groups is 1. The molecule has 1 aliphatic rings. The molecule has 112 valence electrons. The molecule has 1 fully saturated rings. The average molecular weight is 275 g/mol. The van der Waals surface area contributed by atoms with Crippen molar-refractivity contribution in [3.05, 3.63) is 29.8 Å². The molecule has 2 N–H and O–H groups in total. The maximum Gasteiger partial charge on any atom is 0.115 e. The van der Waals surface area contributed by atoms with Gasteiger partial charge in [-0.25, -0.2) is 0 Å². The Balaban J connectivity index is 1.78. The molecule has 0 saturated heterocycles. The molecule has 0 amide bonds. The Morgan fingerprint density at radius 2 is 1.90 bits per heavy atom. The lowest BCUT2D eigenvalue weighted by atomic mass is 9.91. The number of hydrogen-bond acceptors (Lipinski definition) is 2. The monoisotopic (exact) mass is 275 g/mol. The van der Waals surface area contributed by atoms with Crippen LogP contribution in [0.4, 0.5) is 0 Å². The van der Waals surface area contributed by atoms with Crippen molar-refractivity contribution in [2.45, 2.75) is 65.5 Å². The molecule has 20 heavy (non-hydrogen) atoms. The zero-order valence-electron chi connectivity index (χ0n) is 13.3. The molecule has 3 unspecified atom stereocenters. The van der Waals surface area contributed by atoms with E-state index in [1.807, 2.05) is 12.1 Å². The summed E-state index contributed by atoms with van der Waals surface area (Å²) in [4.78, 5) is 0. The van der Waals surface area contributed by atoms with E-state index < -0.39 is 0 Å². The molecule has 2 heteroatoms. The van der Waals surface area contributed by atoms with E-state index in [1.165, 1.54) is 18.4 Å². The van der Waals surface area contributed by atoms with Gasteiger partial charge in [0.1, 0.15) is 5.75 Å². The van der Waals surface area contributed by atoms with Crippen LogP contribution in [-0.4, -0.2) is 17.2 Å². The topological polar surface area (TPSA) is 32.3 Å². The zero-order chi connectivity index (χ0) is 14.8. The number of rotatable bonds is 5. The summed E-state index contributed by atoms with van der Waals surface area (Å²) in [5.74, 6) is 1.13. The Labute approximate surface area is 123 Å². The fourth-order valence-electron chi connectivity index (χ4n) is 3.61. The van der Waals surface area contributed by atoms with Gasteiger partial charge in [0.2, 0.25) is 0 Å². The van der Waals surface area contributed by atoms with E-state index in [1.54, 1.807) is 12.1 Å². The Kier molecular flexibility index (Phi) is 4.74. The van der Waals surface area contributed by atoms with Crippen LogP contribution in [-0.2, 0) is 6.42 Å². The molecule has 1 aromatic rings. The smallest absolute Gasteiger partial charge is 0.115 e. The van der Waals surface area contributed by atoms with Crippen LogP contribution in [0.5, 0.6) is 5.75 Å². The van der Waals surface area contributed by atoms with Gasteiger partial charge in [-0.3, -0.25) is 0 Å². The number of hydrogen-bond donors (Lipinski definition) is 2. The molecule has 0 heterocycles. The van der Waals surface area contributed by atoms with E-state index in [2.05, 4.69) is 33.0 Å². The van der Waals surface area contributed by atoms with Crippen molar-refractivity contribution in [3.63, 3.8) is 0 Å². The van der Waals surface area contributed by atoms with Gasteiger partial charge in [-0.1, -0.05) is 32.9 Å². The Morgan fingerprint density at radius 1 is 1.25 bits per heavy atom. The SMILES string of the molecule is CC(CCc1ccc(O)cc1)NC1CC(C)(C)CC1C. The highest BCUT2D eigenvalue weighted by molar-refractivity contribution is 5.25. The lowest BCUT2D eigenvalue weighted by Gasteiger charge is -2.23. The van der Waals surface area contributed by atoms with Crippen LogP contribution >= 0.6 is 0 Å². The average Bonchev–Trinajstić information content (AvgIpc) is 2.61. The third-order valence-electron chi connectivity index (χ3n) is 4.63. The maximum absolute atomic E-state index is 9.29. The van der Waals surface area contributed by atoms with Crippen molar-refractivity contribution >= 4 is 0 Å². The summed E-state index contributed by atoms with van der Waals surface area (Å²) in [5, 5.41) is 13.1. The molecule has 0 aliphatic heterocycles. The second-order valence-corrected chi connectivity index (χ2v) is 7.43. The first-order valence-corrected chi connectivity index (χ1v) is 7.90. The lowest BCUT2D eigenvalue weighted by Crippen LogP contribution is -2.38. The van der Waals surface area contributed by atoms with E-state index in [0.717, 1.165) is 18.8 Å². The summed E-state index contributed by atoms with van der Waals surface area (Å²) in [5.41, 5.74) is 1.80. The van der Waals surface area contributed by atoms with Crippen molar-refractivity contribution in [1.29, 1.82) is 0 Å². The predicted molar refractivity (Wildman–Crippen MR) is 85.0 cm³/mol. The van der Waals surface area contributed by atoms with Gasteiger partial charge in [-0.15, -0.1) is 0 Å². The number of phenols is 1. The molecule has 0 radical (unpaired) electrons. The molecule has 3 atom stereocenters. The summed E-state index contributed by atoms with van der Waals surface area (Å²) in [7, 11) is 0. The Hall–Kier alpha value is -1.02. The minimum absolute atomic E-state index is 0.349. The van der Waals surface area contributed by atoms with E-state index >= 15 is 0 Å². The van der Waals surface area contributed by atoms with Crippen molar-refractivity contribution < 1.29 is 5.11 Å². The number of aryl methyl sites for hydroxylation is 1. The van der Waals surface area contributed by atoms with Gasteiger partial charge >= 0.3 is 0 Å². The quantitative estimate of drug-likeness (QED) is 0.847. The first-order valence-electron chi connectivity index (χ1n) is 7.90. The van der Waals surface area contributed by atoms with Crippen molar-refractivity contribution in [3.8, 4) is 5.75 Å². The standard InChI is InChI=1S/C18H29NO/c1-13-11-18(3,4)12-17(13)19-14(2)5-6-15-7-9-16(20)10-8-15/h7-10,13-14,17,19-20H,5-6,11-12H2,1-4H3. The van der Waals surface area contributed by atoms with Crippen LogP contribution in [0.2, 0.25) is 0 Å². The molecule has 1 saturated carbocycles. The molecule has 0 bridgehead atoms. The third-order valence-corrected chi connectivity index (χ3v) is 4.63. The fourth-order valence-corrected chi connectivity index (χ4v) is 3.61. The lowest BCUT2D eigenvalue weighted by molar-refractivity contribution is 0.351. The molecule has 0 spiro atoms. The molecular weight excluding hydrogens is 246 g/mol. The fraction of sp³-hybridized carbons (Fsp3) is 0.667. The highest BCUT2D eigenvalue weighted by Crippen LogP contribution is 2.41. The largest absolute Gasteiger partial charge is 0.508 e. The van der Waals surface area contributed by atoms with E-state index in [-0.39, 0.29) is 0 Å². The second-order valence-electron chi connectivity index (χ2n) is 7.43. The normalized spacial score (nSPS) is 26.6. The van der Waals surface area contributed by atoms with Crippen LogP contribution in [0.3, 0.4) is 0 Å².